The Balaban J connectivity index is 1.98. The summed E-state index contributed by atoms with van der Waals surface area (Å²) in [4.78, 5) is 28.7. The van der Waals surface area contributed by atoms with E-state index in [4.69, 9.17) is 4.74 Å². The van der Waals surface area contributed by atoms with Crippen LogP contribution in [0.2, 0.25) is 0 Å². The lowest BCUT2D eigenvalue weighted by Gasteiger charge is -2.28. The maximum atomic E-state index is 13.0. The van der Waals surface area contributed by atoms with Crippen LogP contribution in [0.1, 0.15) is 36.7 Å². The lowest BCUT2D eigenvalue weighted by Crippen LogP contribution is -2.49. The number of aromatic nitrogens is 1. The molecule has 0 spiro atoms. The molecule has 0 fully saturated rings. The first-order valence-electron chi connectivity index (χ1n) is 9.34. The largest absolute Gasteiger partial charge is 0.487 e. The van der Waals surface area contributed by atoms with Gasteiger partial charge in [0.15, 0.2) is 0 Å². The minimum Gasteiger partial charge on any atom is -0.487 e. The number of aliphatic carboxylic acids is 1. The van der Waals surface area contributed by atoms with Crippen LogP contribution in [-0.4, -0.2) is 28.0 Å². The molecule has 2 aromatic carbocycles. The molecule has 1 amide bonds. The zero-order chi connectivity index (χ0) is 21.0. The molecule has 3 aromatic rings. The topological polar surface area (TPSA) is 88.5 Å². The number of hydrogen-bond acceptors (Lipinski definition) is 4. The minimum absolute atomic E-state index is 0.262. The number of fused-ring (bicyclic) bond motifs is 1. The Morgan fingerprint density at radius 2 is 1.76 bits per heavy atom. The number of carboxylic acid groups (broad SMARTS) is 1. The molecule has 0 aliphatic carbocycles. The fraction of sp³-hybridized carbons (Fsp3) is 0.261. The summed E-state index contributed by atoms with van der Waals surface area (Å²) in [7, 11) is 0. The Kier molecular flexibility index (Phi) is 5.82. The summed E-state index contributed by atoms with van der Waals surface area (Å²) in [5.41, 5.74) is 0.571. The summed E-state index contributed by atoms with van der Waals surface area (Å²) in [6, 6.07) is 13.7. The van der Waals surface area contributed by atoms with Crippen LogP contribution < -0.4 is 10.1 Å². The lowest BCUT2D eigenvalue weighted by molar-refractivity contribution is -0.142. The normalized spacial score (nSPS) is 12.4. The smallest absolute Gasteiger partial charge is 0.326 e. The maximum absolute atomic E-state index is 13.0. The predicted octanol–water partition coefficient (Wildman–Crippen LogP) is 4.04. The van der Waals surface area contributed by atoms with Crippen molar-refractivity contribution in [2.75, 3.05) is 0 Å². The third-order valence-corrected chi connectivity index (χ3v) is 4.65. The molecule has 6 heteroatoms. The number of hydrogen-bond donors (Lipinski definition) is 2. The summed E-state index contributed by atoms with van der Waals surface area (Å²) in [6.07, 6.45) is 3.35. The van der Waals surface area contributed by atoms with Crippen LogP contribution in [0.4, 0.5) is 0 Å². The molecule has 29 heavy (non-hydrogen) atoms. The SMILES string of the molecule is CC(C)(C)C(NC(=O)c1ccc2ccccc2c1OCc1ccncc1)C(=O)O. The first kappa shape index (κ1) is 20.3. The van der Waals surface area contributed by atoms with Crippen molar-refractivity contribution in [2.24, 2.45) is 5.41 Å². The molecule has 1 unspecified atom stereocenters. The van der Waals surface area contributed by atoms with E-state index in [0.29, 0.717) is 11.3 Å². The number of pyridine rings is 1. The third-order valence-electron chi connectivity index (χ3n) is 4.65. The van der Waals surface area contributed by atoms with E-state index in [1.807, 2.05) is 42.5 Å². The fourth-order valence-corrected chi connectivity index (χ4v) is 3.07. The van der Waals surface area contributed by atoms with Gasteiger partial charge in [0.25, 0.3) is 5.91 Å². The van der Waals surface area contributed by atoms with Gasteiger partial charge in [-0.2, -0.15) is 0 Å². The molecule has 2 N–H and O–H groups in total. The first-order valence-corrected chi connectivity index (χ1v) is 9.34. The molecule has 3 rings (SSSR count). The van der Waals surface area contributed by atoms with Crippen molar-refractivity contribution < 1.29 is 19.4 Å². The number of rotatable bonds is 6. The lowest BCUT2D eigenvalue weighted by atomic mass is 9.86. The highest BCUT2D eigenvalue weighted by Crippen LogP contribution is 2.31. The number of amides is 1. The molecule has 0 aliphatic rings. The van der Waals surface area contributed by atoms with Gasteiger partial charge < -0.3 is 15.2 Å². The van der Waals surface area contributed by atoms with Crippen molar-refractivity contribution in [2.45, 2.75) is 33.4 Å². The van der Waals surface area contributed by atoms with Crippen LogP contribution in [0.3, 0.4) is 0 Å². The van der Waals surface area contributed by atoms with Crippen molar-refractivity contribution in [3.8, 4) is 5.75 Å². The van der Waals surface area contributed by atoms with Gasteiger partial charge in [-0.15, -0.1) is 0 Å². The molecule has 0 aliphatic heterocycles. The quantitative estimate of drug-likeness (QED) is 0.661. The van der Waals surface area contributed by atoms with E-state index >= 15 is 0 Å². The summed E-state index contributed by atoms with van der Waals surface area (Å²) in [6.45, 7) is 5.58. The standard InChI is InChI=1S/C23H24N2O4/c1-23(2,3)20(22(27)28)25-21(26)18-9-8-16-6-4-5-7-17(16)19(18)29-14-15-10-12-24-13-11-15/h4-13,20H,14H2,1-3H3,(H,25,26)(H,27,28). The molecule has 0 bridgehead atoms. The van der Waals surface area contributed by atoms with Crippen molar-refractivity contribution in [1.29, 1.82) is 0 Å². The number of carboxylic acids is 1. The van der Waals surface area contributed by atoms with Gasteiger partial charge in [-0.1, -0.05) is 51.1 Å². The Morgan fingerprint density at radius 1 is 1.07 bits per heavy atom. The molecule has 1 aromatic heterocycles. The molecule has 0 saturated heterocycles. The molecular formula is C23H24N2O4. The van der Waals surface area contributed by atoms with Crippen LogP contribution in [0.15, 0.2) is 60.9 Å². The van der Waals surface area contributed by atoms with Gasteiger partial charge in [0.2, 0.25) is 0 Å². The van der Waals surface area contributed by atoms with Gasteiger partial charge in [0.1, 0.15) is 18.4 Å². The monoisotopic (exact) mass is 392 g/mol. The molecular weight excluding hydrogens is 368 g/mol. The van der Waals surface area contributed by atoms with E-state index in [-0.39, 0.29) is 6.61 Å². The summed E-state index contributed by atoms with van der Waals surface area (Å²) < 4.78 is 6.05. The average molecular weight is 392 g/mol. The van der Waals surface area contributed by atoms with E-state index in [2.05, 4.69) is 10.3 Å². The number of carbonyl (C=O) groups is 2. The van der Waals surface area contributed by atoms with Gasteiger partial charge in [-0.25, -0.2) is 4.79 Å². The maximum Gasteiger partial charge on any atom is 0.326 e. The van der Waals surface area contributed by atoms with Gasteiger partial charge in [0, 0.05) is 17.8 Å². The predicted molar refractivity (Wildman–Crippen MR) is 111 cm³/mol. The third kappa shape index (κ3) is 4.71. The molecule has 1 heterocycles. The Bertz CT molecular complexity index is 1030. The second-order valence-corrected chi connectivity index (χ2v) is 7.92. The highest BCUT2D eigenvalue weighted by atomic mass is 16.5. The number of carbonyl (C=O) groups excluding carboxylic acids is 1. The minimum atomic E-state index is -1.08. The van der Waals surface area contributed by atoms with E-state index in [1.165, 1.54) is 0 Å². The van der Waals surface area contributed by atoms with Crippen LogP contribution in [-0.2, 0) is 11.4 Å². The summed E-state index contributed by atoms with van der Waals surface area (Å²) in [5, 5.41) is 13.9. The fourth-order valence-electron chi connectivity index (χ4n) is 3.07. The molecule has 0 radical (unpaired) electrons. The van der Waals surface area contributed by atoms with Crippen molar-refractivity contribution >= 4 is 22.6 Å². The van der Waals surface area contributed by atoms with Crippen LogP contribution in [0.5, 0.6) is 5.75 Å². The number of nitrogens with one attached hydrogen (secondary N) is 1. The van der Waals surface area contributed by atoms with E-state index in [0.717, 1.165) is 16.3 Å². The van der Waals surface area contributed by atoms with Crippen LogP contribution in [0.25, 0.3) is 10.8 Å². The number of nitrogens with zero attached hydrogens (tertiary/aromatic N) is 1. The Labute approximate surface area is 169 Å². The second kappa shape index (κ2) is 8.31. The summed E-state index contributed by atoms with van der Waals surface area (Å²) >= 11 is 0. The molecule has 0 saturated carbocycles. The molecule has 150 valence electrons. The van der Waals surface area contributed by atoms with Gasteiger partial charge >= 0.3 is 5.97 Å². The van der Waals surface area contributed by atoms with Crippen molar-refractivity contribution in [3.05, 3.63) is 72.1 Å². The zero-order valence-electron chi connectivity index (χ0n) is 16.7. The second-order valence-electron chi connectivity index (χ2n) is 7.92. The Hall–Kier alpha value is -3.41. The Morgan fingerprint density at radius 3 is 2.41 bits per heavy atom. The highest BCUT2D eigenvalue weighted by Gasteiger charge is 2.33. The first-order chi connectivity index (χ1) is 13.8. The highest BCUT2D eigenvalue weighted by molar-refractivity contribution is 6.05. The zero-order valence-corrected chi connectivity index (χ0v) is 16.7. The average Bonchev–Trinajstić information content (AvgIpc) is 2.69. The van der Waals surface area contributed by atoms with Gasteiger partial charge in [-0.3, -0.25) is 9.78 Å². The van der Waals surface area contributed by atoms with E-state index < -0.39 is 23.3 Å². The van der Waals surface area contributed by atoms with Gasteiger partial charge in [0.05, 0.1) is 5.56 Å². The van der Waals surface area contributed by atoms with Crippen LogP contribution >= 0.6 is 0 Å². The van der Waals surface area contributed by atoms with Crippen molar-refractivity contribution in [1.82, 2.24) is 10.3 Å². The van der Waals surface area contributed by atoms with Crippen LogP contribution in [0, 0.1) is 5.41 Å². The van der Waals surface area contributed by atoms with Crippen molar-refractivity contribution in [3.63, 3.8) is 0 Å². The van der Waals surface area contributed by atoms with E-state index in [1.54, 1.807) is 39.2 Å². The molecule has 1 atom stereocenters. The summed E-state index contributed by atoms with van der Waals surface area (Å²) in [5.74, 6) is -1.14. The van der Waals surface area contributed by atoms with E-state index in [9.17, 15) is 14.7 Å². The molecule has 6 nitrogen and oxygen atoms in total. The number of benzene rings is 2. The van der Waals surface area contributed by atoms with Gasteiger partial charge in [-0.05, 0) is 34.6 Å². The number of ether oxygens (including phenoxy) is 1.